The Bertz CT molecular complexity index is 516. The van der Waals surface area contributed by atoms with Crippen molar-refractivity contribution in [2.24, 2.45) is 0 Å². The van der Waals surface area contributed by atoms with Crippen molar-refractivity contribution in [3.63, 3.8) is 0 Å². The molecular weight excluding hydrogens is 253 g/mol. The SMILES string of the molecule is CC.CC.Cc1nc(N)nc(C)c1-c1cccc(F)c1. The smallest absolute Gasteiger partial charge is 0.220 e. The summed E-state index contributed by atoms with van der Waals surface area (Å²) >= 11 is 0. The topological polar surface area (TPSA) is 51.8 Å². The fraction of sp³-hybridized carbons (Fsp3) is 0.375. The zero-order valence-electron chi connectivity index (χ0n) is 13.2. The second-order valence-electron chi connectivity index (χ2n) is 3.64. The number of nitrogens with two attached hydrogens (primary N) is 1. The lowest BCUT2D eigenvalue weighted by atomic mass is 10.0. The van der Waals surface area contributed by atoms with Gasteiger partial charge in [-0.15, -0.1) is 0 Å². The van der Waals surface area contributed by atoms with E-state index in [4.69, 9.17) is 5.73 Å². The first-order valence-corrected chi connectivity index (χ1v) is 6.94. The van der Waals surface area contributed by atoms with Gasteiger partial charge in [-0.3, -0.25) is 0 Å². The molecule has 1 heterocycles. The molecule has 20 heavy (non-hydrogen) atoms. The first kappa shape index (κ1) is 18.0. The Balaban J connectivity index is 0.000000829. The molecule has 4 heteroatoms. The quantitative estimate of drug-likeness (QED) is 0.833. The summed E-state index contributed by atoms with van der Waals surface area (Å²) in [7, 11) is 0. The number of hydrogen-bond acceptors (Lipinski definition) is 3. The van der Waals surface area contributed by atoms with Gasteiger partial charge in [0.25, 0.3) is 0 Å². The summed E-state index contributed by atoms with van der Waals surface area (Å²) in [5.41, 5.74) is 8.67. The molecule has 0 atom stereocenters. The van der Waals surface area contributed by atoms with Crippen LogP contribution in [-0.2, 0) is 0 Å². The van der Waals surface area contributed by atoms with Crippen LogP contribution in [0.25, 0.3) is 11.1 Å². The average Bonchev–Trinajstić information content (AvgIpc) is 2.42. The average molecular weight is 277 g/mol. The van der Waals surface area contributed by atoms with Crippen LogP contribution < -0.4 is 5.73 Å². The van der Waals surface area contributed by atoms with Gasteiger partial charge in [0.15, 0.2) is 0 Å². The van der Waals surface area contributed by atoms with Crippen LogP contribution in [0, 0.1) is 19.7 Å². The highest BCUT2D eigenvalue weighted by Crippen LogP contribution is 2.25. The summed E-state index contributed by atoms with van der Waals surface area (Å²) in [6, 6.07) is 6.37. The summed E-state index contributed by atoms with van der Waals surface area (Å²) in [6.07, 6.45) is 0. The van der Waals surface area contributed by atoms with Crippen LogP contribution in [0.5, 0.6) is 0 Å². The Morgan fingerprint density at radius 2 is 1.45 bits per heavy atom. The summed E-state index contributed by atoms with van der Waals surface area (Å²) < 4.78 is 13.1. The minimum Gasteiger partial charge on any atom is -0.368 e. The molecular formula is C16H24FN3. The maximum atomic E-state index is 13.1. The van der Waals surface area contributed by atoms with E-state index in [1.807, 2.05) is 47.6 Å². The van der Waals surface area contributed by atoms with Crippen LogP contribution in [0.3, 0.4) is 0 Å². The standard InChI is InChI=1S/C12H12FN3.2C2H6/c1-7-11(8(2)16-12(14)15-7)9-4-3-5-10(13)6-9;2*1-2/h3-6H,1-2H3,(H2,14,15,16);2*1-2H3. The van der Waals surface area contributed by atoms with Crippen molar-refractivity contribution < 1.29 is 4.39 Å². The van der Waals surface area contributed by atoms with Crippen molar-refractivity contribution in [3.8, 4) is 11.1 Å². The van der Waals surface area contributed by atoms with Crippen LogP contribution in [0.2, 0.25) is 0 Å². The Kier molecular flexibility index (Phi) is 8.13. The first-order valence-electron chi connectivity index (χ1n) is 6.94. The largest absolute Gasteiger partial charge is 0.368 e. The van der Waals surface area contributed by atoms with Gasteiger partial charge in [-0.25, -0.2) is 14.4 Å². The molecule has 0 aliphatic carbocycles. The Morgan fingerprint density at radius 3 is 1.90 bits per heavy atom. The minimum absolute atomic E-state index is 0.246. The maximum absolute atomic E-state index is 13.1. The van der Waals surface area contributed by atoms with Crippen LogP contribution in [-0.4, -0.2) is 9.97 Å². The predicted octanol–water partition coefficient (Wildman–Crippen LogP) is 4.53. The van der Waals surface area contributed by atoms with Gasteiger partial charge in [-0.2, -0.15) is 0 Å². The Hall–Kier alpha value is -1.97. The minimum atomic E-state index is -0.270. The van der Waals surface area contributed by atoms with E-state index < -0.39 is 0 Å². The fourth-order valence-electron chi connectivity index (χ4n) is 1.80. The fourth-order valence-corrected chi connectivity index (χ4v) is 1.80. The molecule has 0 bridgehead atoms. The first-order chi connectivity index (χ1) is 9.58. The van der Waals surface area contributed by atoms with Crippen molar-refractivity contribution in [2.75, 3.05) is 5.73 Å². The molecule has 0 saturated heterocycles. The van der Waals surface area contributed by atoms with Crippen molar-refractivity contribution >= 4 is 5.95 Å². The number of rotatable bonds is 1. The molecule has 0 amide bonds. The summed E-state index contributed by atoms with van der Waals surface area (Å²) in [4.78, 5) is 8.17. The van der Waals surface area contributed by atoms with E-state index in [9.17, 15) is 4.39 Å². The van der Waals surface area contributed by atoms with E-state index >= 15 is 0 Å². The van der Waals surface area contributed by atoms with Gasteiger partial charge in [0.2, 0.25) is 5.95 Å². The number of nitrogen functional groups attached to an aromatic ring is 1. The van der Waals surface area contributed by atoms with Crippen molar-refractivity contribution in [2.45, 2.75) is 41.5 Å². The molecule has 0 saturated carbocycles. The van der Waals surface area contributed by atoms with Gasteiger partial charge in [-0.05, 0) is 31.5 Å². The van der Waals surface area contributed by atoms with E-state index in [-0.39, 0.29) is 11.8 Å². The lowest BCUT2D eigenvalue weighted by Gasteiger charge is -2.09. The van der Waals surface area contributed by atoms with Crippen LogP contribution >= 0.6 is 0 Å². The molecule has 110 valence electrons. The number of aryl methyl sites for hydroxylation is 2. The molecule has 1 aromatic carbocycles. The van der Waals surface area contributed by atoms with Gasteiger partial charge in [0.1, 0.15) is 5.82 Å². The molecule has 3 nitrogen and oxygen atoms in total. The molecule has 0 spiro atoms. The molecule has 0 radical (unpaired) electrons. The third-order valence-electron chi connectivity index (χ3n) is 2.40. The molecule has 0 unspecified atom stereocenters. The van der Waals surface area contributed by atoms with Crippen molar-refractivity contribution in [3.05, 3.63) is 41.5 Å². The number of hydrogen-bond donors (Lipinski definition) is 1. The highest BCUT2D eigenvalue weighted by molar-refractivity contribution is 5.68. The summed E-state index contributed by atoms with van der Waals surface area (Å²) in [5, 5.41) is 0. The van der Waals surface area contributed by atoms with Gasteiger partial charge in [0.05, 0.1) is 11.4 Å². The molecule has 0 fully saturated rings. The van der Waals surface area contributed by atoms with E-state index in [2.05, 4.69) is 9.97 Å². The summed E-state index contributed by atoms with van der Waals surface area (Å²) in [5.74, 6) is -0.0247. The van der Waals surface area contributed by atoms with Crippen LogP contribution in [0.1, 0.15) is 39.1 Å². The second kappa shape index (κ2) is 9.02. The van der Waals surface area contributed by atoms with Crippen molar-refractivity contribution in [1.29, 1.82) is 0 Å². The number of anilines is 1. The monoisotopic (exact) mass is 277 g/mol. The molecule has 0 aliphatic rings. The number of halogens is 1. The van der Waals surface area contributed by atoms with Gasteiger partial charge in [0, 0.05) is 5.56 Å². The van der Waals surface area contributed by atoms with E-state index in [0.29, 0.717) is 0 Å². The van der Waals surface area contributed by atoms with Gasteiger partial charge in [-0.1, -0.05) is 39.8 Å². The van der Waals surface area contributed by atoms with E-state index in [1.54, 1.807) is 6.07 Å². The molecule has 1 aromatic heterocycles. The van der Waals surface area contributed by atoms with Crippen LogP contribution in [0.15, 0.2) is 24.3 Å². The lowest BCUT2D eigenvalue weighted by molar-refractivity contribution is 0.628. The van der Waals surface area contributed by atoms with Crippen molar-refractivity contribution in [1.82, 2.24) is 9.97 Å². The predicted molar refractivity (Wildman–Crippen MR) is 84.0 cm³/mol. The Labute approximate surface area is 121 Å². The van der Waals surface area contributed by atoms with E-state index in [0.717, 1.165) is 22.5 Å². The van der Waals surface area contributed by atoms with Crippen LogP contribution in [0.4, 0.5) is 10.3 Å². The number of aromatic nitrogens is 2. The maximum Gasteiger partial charge on any atom is 0.220 e. The van der Waals surface area contributed by atoms with Gasteiger partial charge >= 0.3 is 0 Å². The third kappa shape index (κ3) is 4.61. The zero-order valence-corrected chi connectivity index (χ0v) is 13.2. The Morgan fingerprint density at radius 1 is 0.950 bits per heavy atom. The molecule has 2 N–H and O–H groups in total. The summed E-state index contributed by atoms with van der Waals surface area (Å²) in [6.45, 7) is 11.7. The molecule has 0 aliphatic heterocycles. The van der Waals surface area contributed by atoms with E-state index in [1.165, 1.54) is 12.1 Å². The highest BCUT2D eigenvalue weighted by Gasteiger charge is 2.09. The lowest BCUT2D eigenvalue weighted by Crippen LogP contribution is -2.02. The molecule has 2 aromatic rings. The van der Waals surface area contributed by atoms with Gasteiger partial charge < -0.3 is 5.73 Å². The third-order valence-corrected chi connectivity index (χ3v) is 2.40. The highest BCUT2D eigenvalue weighted by atomic mass is 19.1. The number of nitrogens with zero attached hydrogens (tertiary/aromatic N) is 2. The molecule has 2 rings (SSSR count). The second-order valence-corrected chi connectivity index (χ2v) is 3.64. The number of benzene rings is 1. The zero-order chi connectivity index (χ0) is 15.7. The normalized spacial score (nSPS) is 8.95.